The predicted molar refractivity (Wildman–Crippen MR) is 65.4 cm³/mol. The summed E-state index contributed by atoms with van der Waals surface area (Å²) in [5.41, 5.74) is 8.20. The third-order valence-electron chi connectivity index (χ3n) is 3.06. The first kappa shape index (κ1) is 12.6. The normalized spacial score (nSPS) is 14.4. The molecule has 0 amide bonds. The van der Waals surface area contributed by atoms with Crippen molar-refractivity contribution in [2.45, 2.75) is 33.1 Å². The van der Waals surface area contributed by atoms with Gasteiger partial charge in [-0.2, -0.15) is 0 Å². The maximum Gasteiger partial charge on any atom is 0.311 e. The van der Waals surface area contributed by atoms with E-state index in [-0.39, 0.29) is 5.92 Å². The molecule has 0 saturated carbocycles. The number of anilines is 1. The summed E-state index contributed by atoms with van der Waals surface area (Å²) >= 11 is 0. The van der Waals surface area contributed by atoms with E-state index in [0.29, 0.717) is 5.69 Å². The highest BCUT2D eigenvalue weighted by Crippen LogP contribution is 2.31. The molecule has 0 aliphatic rings. The Bertz CT molecular complexity index is 388. The van der Waals surface area contributed by atoms with Gasteiger partial charge in [0.1, 0.15) is 0 Å². The topological polar surface area (TPSA) is 63.3 Å². The molecule has 3 heteroatoms. The molecule has 0 fully saturated rings. The molecule has 0 spiro atoms. The highest BCUT2D eigenvalue weighted by atomic mass is 16.4. The third kappa shape index (κ3) is 2.54. The molecule has 3 nitrogen and oxygen atoms in total. The molecular formula is C13H19NO2. The molecule has 0 heterocycles. The molecule has 0 aliphatic heterocycles. The Hall–Kier alpha value is -1.51. The molecule has 1 rings (SSSR count). The summed E-state index contributed by atoms with van der Waals surface area (Å²) in [6.07, 6.45) is 0.824. The zero-order valence-corrected chi connectivity index (χ0v) is 10.0. The zero-order chi connectivity index (χ0) is 12.3. The Morgan fingerprint density at radius 3 is 2.62 bits per heavy atom. The van der Waals surface area contributed by atoms with E-state index in [1.807, 2.05) is 32.9 Å². The average molecular weight is 221 g/mol. The molecule has 0 saturated heterocycles. The van der Waals surface area contributed by atoms with Gasteiger partial charge in [-0.05, 0) is 24.5 Å². The van der Waals surface area contributed by atoms with Crippen LogP contribution in [0.5, 0.6) is 0 Å². The van der Waals surface area contributed by atoms with Crippen molar-refractivity contribution < 1.29 is 9.90 Å². The first-order valence-corrected chi connectivity index (χ1v) is 5.56. The lowest BCUT2D eigenvalue weighted by Crippen LogP contribution is -2.20. The number of aryl methyl sites for hydroxylation is 1. The monoisotopic (exact) mass is 221 g/mol. The lowest BCUT2D eigenvalue weighted by atomic mass is 9.84. The molecular weight excluding hydrogens is 202 g/mol. The van der Waals surface area contributed by atoms with Crippen LogP contribution in [0.1, 0.15) is 37.3 Å². The van der Waals surface area contributed by atoms with E-state index in [4.69, 9.17) is 5.73 Å². The standard InChI is InChI=1S/C13H19NO2/c1-4-9(3)12(13(15)16)10-7-8(2)5-6-11(10)14/h5-7,9,12H,4,14H2,1-3H3,(H,15,16). The highest BCUT2D eigenvalue weighted by molar-refractivity contribution is 5.79. The number of hydrogen-bond acceptors (Lipinski definition) is 2. The van der Waals surface area contributed by atoms with Crippen LogP contribution in [0.2, 0.25) is 0 Å². The van der Waals surface area contributed by atoms with Crippen molar-refractivity contribution in [3.63, 3.8) is 0 Å². The maximum absolute atomic E-state index is 11.3. The van der Waals surface area contributed by atoms with Gasteiger partial charge >= 0.3 is 5.97 Å². The first-order chi connectivity index (χ1) is 7.47. The average Bonchev–Trinajstić information content (AvgIpc) is 2.22. The van der Waals surface area contributed by atoms with Crippen molar-refractivity contribution in [1.29, 1.82) is 0 Å². The van der Waals surface area contributed by atoms with E-state index < -0.39 is 11.9 Å². The quantitative estimate of drug-likeness (QED) is 0.768. The van der Waals surface area contributed by atoms with Crippen LogP contribution < -0.4 is 5.73 Å². The van der Waals surface area contributed by atoms with Gasteiger partial charge in [0.05, 0.1) is 5.92 Å². The second-order valence-electron chi connectivity index (χ2n) is 4.33. The third-order valence-corrected chi connectivity index (χ3v) is 3.06. The largest absolute Gasteiger partial charge is 0.481 e. The number of nitrogen functional groups attached to an aromatic ring is 1. The molecule has 0 bridgehead atoms. The summed E-state index contributed by atoms with van der Waals surface area (Å²) in [5.74, 6) is -1.22. The van der Waals surface area contributed by atoms with Crippen LogP contribution in [0.25, 0.3) is 0 Å². The smallest absolute Gasteiger partial charge is 0.311 e. The van der Waals surface area contributed by atoms with E-state index in [2.05, 4.69) is 0 Å². The molecule has 0 radical (unpaired) electrons. The van der Waals surface area contributed by atoms with Gasteiger partial charge in [0.2, 0.25) is 0 Å². The summed E-state index contributed by atoms with van der Waals surface area (Å²) in [6.45, 7) is 5.88. The van der Waals surface area contributed by atoms with Gasteiger partial charge in [0.15, 0.2) is 0 Å². The fourth-order valence-electron chi connectivity index (χ4n) is 1.88. The summed E-state index contributed by atoms with van der Waals surface area (Å²) in [7, 11) is 0. The summed E-state index contributed by atoms with van der Waals surface area (Å²) in [5, 5.41) is 9.29. The predicted octanol–water partition coefficient (Wildman–Crippen LogP) is 2.79. The molecule has 16 heavy (non-hydrogen) atoms. The van der Waals surface area contributed by atoms with Crippen LogP contribution in [0.15, 0.2) is 18.2 Å². The van der Waals surface area contributed by atoms with Gasteiger partial charge in [-0.15, -0.1) is 0 Å². The van der Waals surface area contributed by atoms with E-state index in [9.17, 15) is 9.90 Å². The minimum absolute atomic E-state index is 0.0848. The minimum atomic E-state index is -0.799. The number of carboxylic acids is 1. The van der Waals surface area contributed by atoms with Gasteiger partial charge < -0.3 is 10.8 Å². The van der Waals surface area contributed by atoms with Gasteiger partial charge in [0.25, 0.3) is 0 Å². The van der Waals surface area contributed by atoms with Crippen molar-refractivity contribution in [3.05, 3.63) is 29.3 Å². The Labute approximate surface area is 96.3 Å². The number of carboxylic acid groups (broad SMARTS) is 1. The molecule has 88 valence electrons. The van der Waals surface area contributed by atoms with E-state index in [1.165, 1.54) is 0 Å². The molecule has 3 N–H and O–H groups in total. The van der Waals surface area contributed by atoms with Crippen LogP contribution >= 0.6 is 0 Å². The molecule has 2 atom stereocenters. The van der Waals surface area contributed by atoms with Crippen LogP contribution in [-0.4, -0.2) is 11.1 Å². The van der Waals surface area contributed by atoms with Gasteiger partial charge in [0, 0.05) is 5.69 Å². The number of aliphatic carboxylic acids is 1. The van der Waals surface area contributed by atoms with Crippen LogP contribution in [-0.2, 0) is 4.79 Å². The highest BCUT2D eigenvalue weighted by Gasteiger charge is 2.27. The Morgan fingerprint density at radius 2 is 2.12 bits per heavy atom. The van der Waals surface area contributed by atoms with Gasteiger partial charge in [-0.1, -0.05) is 38.0 Å². The second kappa shape index (κ2) is 5.01. The molecule has 0 aromatic heterocycles. The fraction of sp³-hybridized carbons (Fsp3) is 0.462. The summed E-state index contributed by atoms with van der Waals surface area (Å²) in [4.78, 5) is 11.3. The van der Waals surface area contributed by atoms with Gasteiger partial charge in [-0.3, -0.25) is 4.79 Å². The summed E-state index contributed by atoms with van der Waals surface area (Å²) < 4.78 is 0. The Kier molecular flexibility index (Phi) is 3.93. The number of hydrogen-bond donors (Lipinski definition) is 2. The second-order valence-corrected chi connectivity index (χ2v) is 4.33. The molecule has 1 aromatic carbocycles. The fourth-order valence-corrected chi connectivity index (χ4v) is 1.88. The first-order valence-electron chi connectivity index (χ1n) is 5.56. The van der Waals surface area contributed by atoms with E-state index in [0.717, 1.165) is 17.5 Å². The Balaban J connectivity index is 3.20. The maximum atomic E-state index is 11.3. The summed E-state index contributed by atoms with van der Waals surface area (Å²) in [6, 6.07) is 5.55. The zero-order valence-electron chi connectivity index (χ0n) is 10.0. The van der Waals surface area contributed by atoms with Crippen LogP contribution in [0.3, 0.4) is 0 Å². The minimum Gasteiger partial charge on any atom is -0.481 e. The number of carbonyl (C=O) groups is 1. The molecule has 2 unspecified atom stereocenters. The van der Waals surface area contributed by atoms with Crippen molar-refractivity contribution in [2.75, 3.05) is 5.73 Å². The van der Waals surface area contributed by atoms with E-state index in [1.54, 1.807) is 6.07 Å². The van der Waals surface area contributed by atoms with Crippen molar-refractivity contribution >= 4 is 11.7 Å². The SMILES string of the molecule is CCC(C)C(C(=O)O)c1cc(C)ccc1N. The number of benzene rings is 1. The Morgan fingerprint density at radius 1 is 1.50 bits per heavy atom. The van der Waals surface area contributed by atoms with Crippen LogP contribution in [0, 0.1) is 12.8 Å². The number of rotatable bonds is 4. The van der Waals surface area contributed by atoms with Crippen molar-refractivity contribution in [2.24, 2.45) is 5.92 Å². The van der Waals surface area contributed by atoms with Crippen molar-refractivity contribution in [3.8, 4) is 0 Å². The van der Waals surface area contributed by atoms with E-state index >= 15 is 0 Å². The lowest BCUT2D eigenvalue weighted by molar-refractivity contribution is -0.140. The number of nitrogens with two attached hydrogens (primary N) is 1. The van der Waals surface area contributed by atoms with Crippen LogP contribution in [0.4, 0.5) is 5.69 Å². The lowest BCUT2D eigenvalue weighted by Gasteiger charge is -2.21. The molecule has 0 aliphatic carbocycles. The molecule has 1 aromatic rings. The van der Waals surface area contributed by atoms with Gasteiger partial charge in [-0.25, -0.2) is 0 Å². The van der Waals surface area contributed by atoms with Crippen molar-refractivity contribution in [1.82, 2.24) is 0 Å².